The fourth-order valence-corrected chi connectivity index (χ4v) is 1.83. The normalized spacial score (nSPS) is 11.1. The summed E-state index contributed by atoms with van der Waals surface area (Å²) < 4.78 is 2.04. The maximum absolute atomic E-state index is 4.61. The molecule has 0 fully saturated rings. The lowest BCUT2D eigenvalue weighted by molar-refractivity contribution is 0.503. The molecule has 2 aromatic heterocycles. The second-order valence-corrected chi connectivity index (χ2v) is 4.30. The van der Waals surface area contributed by atoms with E-state index in [0.29, 0.717) is 6.04 Å². The van der Waals surface area contributed by atoms with Crippen molar-refractivity contribution >= 4 is 0 Å². The second-order valence-electron chi connectivity index (χ2n) is 4.30. The molecule has 2 heterocycles. The molecule has 0 radical (unpaired) electrons. The standard InChI is InChI=1S/C13H18N4/c1-10(2)17-11(9-14-3)8-13(16-17)12-6-4-5-7-15-12/h4-8,10,14H,9H2,1-3H3. The van der Waals surface area contributed by atoms with E-state index in [1.54, 1.807) is 6.20 Å². The number of nitrogens with one attached hydrogen (secondary N) is 1. The molecule has 0 aliphatic heterocycles. The molecular formula is C13H18N4. The van der Waals surface area contributed by atoms with E-state index >= 15 is 0 Å². The van der Waals surface area contributed by atoms with E-state index in [4.69, 9.17) is 0 Å². The van der Waals surface area contributed by atoms with E-state index in [1.165, 1.54) is 5.69 Å². The minimum Gasteiger partial charge on any atom is -0.314 e. The summed E-state index contributed by atoms with van der Waals surface area (Å²) in [5, 5.41) is 7.78. The lowest BCUT2D eigenvalue weighted by Crippen LogP contribution is -2.13. The van der Waals surface area contributed by atoms with Gasteiger partial charge in [-0.05, 0) is 39.1 Å². The van der Waals surface area contributed by atoms with Crippen LogP contribution in [0.25, 0.3) is 11.4 Å². The highest BCUT2D eigenvalue weighted by atomic mass is 15.3. The topological polar surface area (TPSA) is 42.7 Å². The zero-order valence-electron chi connectivity index (χ0n) is 10.5. The van der Waals surface area contributed by atoms with Crippen molar-refractivity contribution in [3.8, 4) is 11.4 Å². The zero-order chi connectivity index (χ0) is 12.3. The van der Waals surface area contributed by atoms with Gasteiger partial charge in [-0.15, -0.1) is 0 Å². The van der Waals surface area contributed by atoms with Crippen molar-refractivity contribution in [3.63, 3.8) is 0 Å². The molecule has 0 aliphatic rings. The summed E-state index contributed by atoms with van der Waals surface area (Å²) in [4.78, 5) is 4.33. The van der Waals surface area contributed by atoms with Crippen molar-refractivity contribution in [3.05, 3.63) is 36.2 Å². The summed E-state index contributed by atoms with van der Waals surface area (Å²) >= 11 is 0. The van der Waals surface area contributed by atoms with Crippen molar-refractivity contribution in [2.24, 2.45) is 0 Å². The molecule has 0 amide bonds. The van der Waals surface area contributed by atoms with E-state index < -0.39 is 0 Å². The lowest BCUT2D eigenvalue weighted by Gasteiger charge is -2.09. The number of hydrogen-bond acceptors (Lipinski definition) is 3. The first-order chi connectivity index (χ1) is 8.22. The molecule has 0 saturated carbocycles. The molecule has 0 atom stereocenters. The van der Waals surface area contributed by atoms with Gasteiger partial charge in [-0.25, -0.2) is 0 Å². The van der Waals surface area contributed by atoms with Gasteiger partial charge < -0.3 is 5.32 Å². The number of pyridine rings is 1. The van der Waals surface area contributed by atoms with Gasteiger partial charge in [0.1, 0.15) is 5.69 Å². The Kier molecular flexibility index (Phi) is 3.54. The third kappa shape index (κ3) is 2.53. The maximum atomic E-state index is 4.61. The SMILES string of the molecule is CNCc1cc(-c2ccccn2)nn1C(C)C. The predicted molar refractivity (Wildman–Crippen MR) is 68.6 cm³/mol. The molecule has 17 heavy (non-hydrogen) atoms. The van der Waals surface area contributed by atoms with Crippen molar-refractivity contribution < 1.29 is 0 Å². The molecule has 0 aromatic carbocycles. The molecule has 4 nitrogen and oxygen atoms in total. The Balaban J connectivity index is 2.40. The monoisotopic (exact) mass is 230 g/mol. The van der Waals surface area contributed by atoms with Crippen LogP contribution in [0.2, 0.25) is 0 Å². The zero-order valence-corrected chi connectivity index (χ0v) is 10.5. The van der Waals surface area contributed by atoms with E-state index in [9.17, 15) is 0 Å². The smallest absolute Gasteiger partial charge is 0.111 e. The molecule has 0 spiro atoms. The maximum Gasteiger partial charge on any atom is 0.111 e. The molecular weight excluding hydrogens is 212 g/mol. The first kappa shape index (κ1) is 11.8. The van der Waals surface area contributed by atoms with Gasteiger partial charge in [-0.3, -0.25) is 9.67 Å². The molecule has 4 heteroatoms. The quantitative estimate of drug-likeness (QED) is 0.876. The molecule has 1 N–H and O–H groups in total. The number of aromatic nitrogens is 3. The summed E-state index contributed by atoms with van der Waals surface area (Å²) in [5.41, 5.74) is 3.04. The lowest BCUT2D eigenvalue weighted by atomic mass is 10.2. The van der Waals surface area contributed by atoms with Gasteiger partial charge in [-0.1, -0.05) is 6.07 Å². The highest BCUT2D eigenvalue weighted by Gasteiger charge is 2.11. The van der Waals surface area contributed by atoms with Gasteiger partial charge in [-0.2, -0.15) is 5.10 Å². The van der Waals surface area contributed by atoms with Crippen molar-refractivity contribution in [2.75, 3.05) is 7.05 Å². The van der Waals surface area contributed by atoms with Crippen molar-refractivity contribution in [1.29, 1.82) is 0 Å². The average Bonchev–Trinajstić information content (AvgIpc) is 2.75. The highest BCUT2D eigenvalue weighted by molar-refractivity contribution is 5.53. The molecule has 2 rings (SSSR count). The van der Waals surface area contributed by atoms with E-state index in [2.05, 4.69) is 35.3 Å². The molecule has 0 bridgehead atoms. The van der Waals surface area contributed by atoms with Crippen LogP contribution >= 0.6 is 0 Å². The fourth-order valence-electron chi connectivity index (χ4n) is 1.83. The average molecular weight is 230 g/mol. The van der Waals surface area contributed by atoms with Crippen LogP contribution in [0, 0.1) is 0 Å². The van der Waals surface area contributed by atoms with Crippen LogP contribution in [0.1, 0.15) is 25.6 Å². The summed E-state index contributed by atoms with van der Waals surface area (Å²) in [6, 6.07) is 8.33. The summed E-state index contributed by atoms with van der Waals surface area (Å²) in [5.74, 6) is 0. The van der Waals surface area contributed by atoms with Crippen molar-refractivity contribution in [2.45, 2.75) is 26.4 Å². The summed E-state index contributed by atoms with van der Waals surface area (Å²) in [7, 11) is 1.94. The van der Waals surface area contributed by atoms with E-state index in [0.717, 1.165) is 17.9 Å². The fraction of sp³-hybridized carbons (Fsp3) is 0.385. The Morgan fingerprint density at radius 2 is 2.12 bits per heavy atom. The van der Waals surface area contributed by atoms with E-state index in [-0.39, 0.29) is 0 Å². The van der Waals surface area contributed by atoms with Crippen LogP contribution in [0.3, 0.4) is 0 Å². The third-order valence-electron chi connectivity index (χ3n) is 2.59. The number of hydrogen-bond donors (Lipinski definition) is 1. The predicted octanol–water partition coefficient (Wildman–Crippen LogP) is 2.25. The Hall–Kier alpha value is -1.68. The van der Waals surface area contributed by atoms with Crippen molar-refractivity contribution in [1.82, 2.24) is 20.1 Å². The minimum absolute atomic E-state index is 0.357. The number of nitrogens with zero attached hydrogens (tertiary/aromatic N) is 3. The van der Waals surface area contributed by atoms with E-state index in [1.807, 2.05) is 29.9 Å². The van der Waals surface area contributed by atoms with Crippen LogP contribution in [-0.4, -0.2) is 21.8 Å². The van der Waals surface area contributed by atoms with Crippen LogP contribution < -0.4 is 5.32 Å². The molecule has 90 valence electrons. The first-order valence-corrected chi connectivity index (χ1v) is 5.87. The largest absolute Gasteiger partial charge is 0.314 e. The van der Waals surface area contributed by atoms with Gasteiger partial charge in [0, 0.05) is 18.8 Å². The Morgan fingerprint density at radius 3 is 2.71 bits per heavy atom. The van der Waals surface area contributed by atoms with Gasteiger partial charge in [0.05, 0.1) is 11.4 Å². The van der Waals surface area contributed by atoms with Gasteiger partial charge in [0.25, 0.3) is 0 Å². The van der Waals surface area contributed by atoms with Crippen LogP contribution in [-0.2, 0) is 6.54 Å². The van der Waals surface area contributed by atoms with Crippen LogP contribution in [0.5, 0.6) is 0 Å². The van der Waals surface area contributed by atoms with Gasteiger partial charge >= 0.3 is 0 Å². The van der Waals surface area contributed by atoms with Crippen LogP contribution in [0.4, 0.5) is 0 Å². The Morgan fingerprint density at radius 1 is 1.29 bits per heavy atom. The van der Waals surface area contributed by atoms with Gasteiger partial charge in [0.15, 0.2) is 0 Å². The Labute approximate surface area is 102 Å². The molecule has 0 saturated heterocycles. The Bertz CT molecular complexity index is 473. The first-order valence-electron chi connectivity index (χ1n) is 5.87. The van der Waals surface area contributed by atoms with Gasteiger partial charge in [0.2, 0.25) is 0 Å². The molecule has 0 aliphatic carbocycles. The number of rotatable bonds is 4. The molecule has 2 aromatic rings. The highest BCUT2D eigenvalue weighted by Crippen LogP contribution is 2.19. The molecule has 0 unspecified atom stereocenters. The van der Waals surface area contributed by atoms with Crippen LogP contribution in [0.15, 0.2) is 30.5 Å². The summed E-state index contributed by atoms with van der Waals surface area (Å²) in [6.45, 7) is 5.08. The third-order valence-corrected chi connectivity index (χ3v) is 2.59. The summed E-state index contributed by atoms with van der Waals surface area (Å²) in [6.07, 6.45) is 1.79. The minimum atomic E-state index is 0.357. The second kappa shape index (κ2) is 5.10.